The minimum absolute atomic E-state index is 0.291. The van der Waals surface area contributed by atoms with Crippen LogP contribution in [0.2, 0.25) is 0 Å². The molecule has 0 bridgehead atoms. The standard InChI is InChI=1S/C20H28N4O4/c1-27-19(26)22-15-3-4-17(21-13-15)23-9-2-7-20(14-23)8-10-24(18(20)25)16-5-11-28-12-6-16/h3-4,13,16H,2,5-12,14H2,1H3,(H,22,26). The molecular formula is C20H28N4O4. The van der Waals surface area contributed by atoms with Crippen LogP contribution in [-0.2, 0) is 14.3 Å². The van der Waals surface area contributed by atoms with Crippen LogP contribution in [0.15, 0.2) is 18.3 Å². The van der Waals surface area contributed by atoms with Gasteiger partial charge in [-0.2, -0.15) is 0 Å². The number of anilines is 2. The van der Waals surface area contributed by atoms with Crippen molar-refractivity contribution >= 4 is 23.5 Å². The van der Waals surface area contributed by atoms with E-state index in [1.54, 1.807) is 6.20 Å². The summed E-state index contributed by atoms with van der Waals surface area (Å²) in [5.41, 5.74) is 0.297. The van der Waals surface area contributed by atoms with E-state index in [1.807, 2.05) is 12.1 Å². The predicted molar refractivity (Wildman–Crippen MR) is 104 cm³/mol. The zero-order valence-electron chi connectivity index (χ0n) is 16.4. The number of methoxy groups -OCH3 is 1. The van der Waals surface area contributed by atoms with Gasteiger partial charge in [-0.3, -0.25) is 10.1 Å². The first kappa shape index (κ1) is 19.0. The molecule has 28 heavy (non-hydrogen) atoms. The van der Waals surface area contributed by atoms with E-state index < -0.39 is 6.09 Å². The zero-order valence-corrected chi connectivity index (χ0v) is 16.4. The summed E-state index contributed by atoms with van der Waals surface area (Å²) in [5, 5.41) is 2.61. The molecule has 1 aromatic rings. The highest BCUT2D eigenvalue weighted by atomic mass is 16.5. The maximum Gasteiger partial charge on any atom is 0.411 e. The van der Waals surface area contributed by atoms with Gasteiger partial charge in [-0.15, -0.1) is 0 Å². The first-order valence-corrected chi connectivity index (χ1v) is 10.1. The first-order valence-electron chi connectivity index (χ1n) is 10.1. The van der Waals surface area contributed by atoms with E-state index in [0.717, 1.165) is 64.2 Å². The Balaban J connectivity index is 1.44. The Hall–Kier alpha value is -2.35. The van der Waals surface area contributed by atoms with Crippen molar-refractivity contribution in [3.05, 3.63) is 18.3 Å². The van der Waals surface area contributed by atoms with Crippen LogP contribution in [0.4, 0.5) is 16.3 Å². The van der Waals surface area contributed by atoms with Crippen molar-refractivity contribution < 1.29 is 19.1 Å². The molecule has 3 saturated heterocycles. The third-order valence-electron chi connectivity index (χ3n) is 6.26. The number of rotatable bonds is 3. The highest BCUT2D eigenvalue weighted by molar-refractivity contribution is 5.86. The molecule has 1 N–H and O–H groups in total. The Labute approximate surface area is 165 Å². The Bertz CT molecular complexity index is 719. The Morgan fingerprint density at radius 2 is 2.11 bits per heavy atom. The van der Waals surface area contributed by atoms with Crippen LogP contribution < -0.4 is 10.2 Å². The first-order chi connectivity index (χ1) is 13.6. The van der Waals surface area contributed by atoms with Crippen LogP contribution in [0.5, 0.6) is 0 Å². The molecule has 0 aliphatic carbocycles. The number of pyridine rings is 1. The lowest BCUT2D eigenvalue weighted by Gasteiger charge is -2.40. The molecule has 2 amide bonds. The van der Waals surface area contributed by atoms with Crippen LogP contribution in [0.1, 0.15) is 32.1 Å². The van der Waals surface area contributed by atoms with Crippen LogP contribution in [0, 0.1) is 5.41 Å². The second-order valence-electron chi connectivity index (χ2n) is 7.92. The molecule has 1 unspecified atom stereocenters. The van der Waals surface area contributed by atoms with E-state index >= 15 is 0 Å². The molecule has 1 atom stereocenters. The maximum absolute atomic E-state index is 13.3. The number of amides is 2. The predicted octanol–water partition coefficient (Wildman–Crippen LogP) is 2.26. The minimum Gasteiger partial charge on any atom is -0.453 e. The maximum atomic E-state index is 13.3. The van der Waals surface area contributed by atoms with Gasteiger partial charge in [0.25, 0.3) is 0 Å². The van der Waals surface area contributed by atoms with Crippen molar-refractivity contribution in [1.29, 1.82) is 0 Å². The summed E-state index contributed by atoms with van der Waals surface area (Å²) in [5.74, 6) is 1.15. The third-order valence-corrected chi connectivity index (χ3v) is 6.26. The fraction of sp³-hybridized carbons (Fsp3) is 0.650. The highest BCUT2D eigenvalue weighted by Gasteiger charge is 2.50. The topological polar surface area (TPSA) is 84.0 Å². The second-order valence-corrected chi connectivity index (χ2v) is 7.92. The number of nitrogens with zero attached hydrogens (tertiary/aromatic N) is 3. The van der Waals surface area contributed by atoms with E-state index in [-0.39, 0.29) is 5.41 Å². The van der Waals surface area contributed by atoms with Crippen molar-refractivity contribution in [2.45, 2.75) is 38.1 Å². The molecule has 8 nitrogen and oxygen atoms in total. The number of nitrogens with one attached hydrogen (secondary N) is 1. The van der Waals surface area contributed by atoms with Crippen LogP contribution in [0.25, 0.3) is 0 Å². The average molecular weight is 388 g/mol. The quantitative estimate of drug-likeness (QED) is 0.855. The number of piperidine rings is 1. The van der Waals surface area contributed by atoms with E-state index in [1.165, 1.54) is 7.11 Å². The molecule has 3 aliphatic rings. The average Bonchev–Trinajstić information content (AvgIpc) is 3.04. The molecule has 4 rings (SSSR count). The van der Waals surface area contributed by atoms with Crippen LogP contribution >= 0.6 is 0 Å². The van der Waals surface area contributed by atoms with Crippen molar-refractivity contribution in [2.75, 3.05) is 50.2 Å². The molecule has 3 fully saturated rings. The Kier molecular flexibility index (Phi) is 5.39. The molecule has 1 aromatic heterocycles. The molecule has 0 saturated carbocycles. The summed E-state index contributed by atoms with van der Waals surface area (Å²) in [4.78, 5) is 33.5. The molecule has 1 spiro atoms. The van der Waals surface area contributed by atoms with Crippen molar-refractivity contribution in [3.63, 3.8) is 0 Å². The number of hydrogen-bond donors (Lipinski definition) is 1. The second kappa shape index (κ2) is 7.95. The highest BCUT2D eigenvalue weighted by Crippen LogP contribution is 2.42. The molecule has 0 aromatic carbocycles. The molecular weight excluding hydrogens is 360 g/mol. The van der Waals surface area contributed by atoms with Gasteiger partial charge in [-0.05, 0) is 44.2 Å². The molecule has 8 heteroatoms. The van der Waals surface area contributed by atoms with Gasteiger partial charge in [0.1, 0.15) is 5.82 Å². The largest absolute Gasteiger partial charge is 0.453 e. The summed E-state index contributed by atoms with van der Waals surface area (Å²) < 4.78 is 10.1. The third kappa shape index (κ3) is 3.65. The fourth-order valence-corrected chi connectivity index (χ4v) is 4.71. The van der Waals surface area contributed by atoms with Gasteiger partial charge < -0.3 is 19.3 Å². The SMILES string of the molecule is COC(=O)Nc1ccc(N2CCCC3(CCN(C4CCOCC4)C3=O)C2)nc1. The smallest absolute Gasteiger partial charge is 0.411 e. The van der Waals surface area contributed by atoms with E-state index in [9.17, 15) is 9.59 Å². The van der Waals surface area contributed by atoms with Gasteiger partial charge in [-0.25, -0.2) is 9.78 Å². The number of ether oxygens (including phenoxy) is 2. The van der Waals surface area contributed by atoms with Gasteiger partial charge in [0.15, 0.2) is 0 Å². The van der Waals surface area contributed by atoms with Crippen molar-refractivity contribution in [2.24, 2.45) is 5.41 Å². The number of aromatic nitrogens is 1. The number of carbonyl (C=O) groups excluding carboxylic acids is 2. The zero-order chi connectivity index (χ0) is 19.6. The van der Waals surface area contributed by atoms with Crippen molar-refractivity contribution in [1.82, 2.24) is 9.88 Å². The van der Waals surface area contributed by atoms with E-state index in [4.69, 9.17) is 4.74 Å². The Morgan fingerprint density at radius 3 is 2.82 bits per heavy atom. The van der Waals surface area contributed by atoms with E-state index in [2.05, 4.69) is 24.8 Å². The lowest BCUT2D eigenvalue weighted by Crippen LogP contribution is -2.50. The number of hydrogen-bond acceptors (Lipinski definition) is 6. The normalized spacial score (nSPS) is 26.0. The van der Waals surface area contributed by atoms with Crippen LogP contribution in [0.3, 0.4) is 0 Å². The van der Waals surface area contributed by atoms with Gasteiger partial charge >= 0.3 is 6.09 Å². The lowest BCUT2D eigenvalue weighted by atomic mass is 9.78. The van der Waals surface area contributed by atoms with Gasteiger partial charge in [0, 0.05) is 38.9 Å². The lowest BCUT2D eigenvalue weighted by molar-refractivity contribution is -0.139. The summed E-state index contributed by atoms with van der Waals surface area (Å²) in [6.07, 6.45) is 5.85. The summed E-state index contributed by atoms with van der Waals surface area (Å²) in [6.45, 7) is 3.96. The monoisotopic (exact) mass is 388 g/mol. The molecule has 0 radical (unpaired) electrons. The van der Waals surface area contributed by atoms with Gasteiger partial charge in [-0.1, -0.05) is 0 Å². The fourth-order valence-electron chi connectivity index (χ4n) is 4.71. The van der Waals surface area contributed by atoms with Gasteiger partial charge in [0.2, 0.25) is 5.91 Å². The van der Waals surface area contributed by atoms with Crippen molar-refractivity contribution in [3.8, 4) is 0 Å². The van der Waals surface area contributed by atoms with Gasteiger partial charge in [0.05, 0.1) is 24.4 Å². The summed E-state index contributed by atoms with van der Waals surface area (Å²) in [7, 11) is 1.33. The van der Waals surface area contributed by atoms with E-state index in [0.29, 0.717) is 24.2 Å². The molecule has 3 aliphatic heterocycles. The number of likely N-dealkylation sites (tertiary alicyclic amines) is 1. The molecule has 4 heterocycles. The summed E-state index contributed by atoms with van der Waals surface area (Å²) in [6, 6.07) is 4.03. The van der Waals surface area contributed by atoms with Crippen LogP contribution in [-0.4, -0.2) is 67.9 Å². The Morgan fingerprint density at radius 1 is 1.29 bits per heavy atom. The number of carbonyl (C=O) groups is 2. The minimum atomic E-state index is -0.517. The summed E-state index contributed by atoms with van der Waals surface area (Å²) >= 11 is 0. The molecule has 152 valence electrons.